The fraction of sp³-hybridized carbons (Fsp3) is 0.824. The molecule has 3 aliphatic rings. The summed E-state index contributed by atoms with van der Waals surface area (Å²) in [6.45, 7) is 1.81. The number of nitrogens with zero attached hydrogens (tertiary/aromatic N) is 2. The quantitative estimate of drug-likeness (QED) is 0.905. The maximum atomic E-state index is 5.89. The smallest absolute Gasteiger partial charge is 0.0762 e. The van der Waals surface area contributed by atoms with E-state index in [2.05, 4.69) is 22.3 Å². The van der Waals surface area contributed by atoms with Crippen LogP contribution in [-0.4, -0.2) is 28.5 Å². The highest BCUT2D eigenvalue weighted by Crippen LogP contribution is 2.38. The molecule has 1 aromatic rings. The summed E-state index contributed by atoms with van der Waals surface area (Å²) in [6.07, 6.45) is 13.2. The largest absolute Gasteiger partial charge is 0.376 e. The van der Waals surface area contributed by atoms with Gasteiger partial charge in [0.1, 0.15) is 0 Å². The van der Waals surface area contributed by atoms with E-state index in [1.165, 1.54) is 50.6 Å². The number of ether oxygens (including phenoxy) is 1. The van der Waals surface area contributed by atoms with Crippen LogP contribution < -0.4 is 5.32 Å². The molecule has 0 aromatic carbocycles. The van der Waals surface area contributed by atoms with Crippen molar-refractivity contribution in [3.05, 3.63) is 18.0 Å². The molecule has 2 aliphatic carbocycles. The van der Waals surface area contributed by atoms with Crippen LogP contribution in [0.25, 0.3) is 0 Å². The lowest BCUT2D eigenvalue weighted by molar-refractivity contribution is 0.0808. The SMILES string of the molecule is c1cn(C2CCCCC2)nc1CNC1CCOC1C1CC1. The number of hydrogen-bond acceptors (Lipinski definition) is 3. The maximum absolute atomic E-state index is 5.89. The van der Waals surface area contributed by atoms with E-state index in [9.17, 15) is 0 Å². The van der Waals surface area contributed by atoms with Gasteiger partial charge in [0.2, 0.25) is 0 Å². The van der Waals surface area contributed by atoms with Gasteiger partial charge in [-0.1, -0.05) is 19.3 Å². The van der Waals surface area contributed by atoms with Gasteiger partial charge >= 0.3 is 0 Å². The molecule has 2 saturated carbocycles. The van der Waals surface area contributed by atoms with Crippen LogP contribution in [0, 0.1) is 5.92 Å². The van der Waals surface area contributed by atoms with Crippen molar-refractivity contribution in [3.8, 4) is 0 Å². The predicted octanol–water partition coefficient (Wildman–Crippen LogP) is 3.05. The van der Waals surface area contributed by atoms with Gasteiger partial charge in [-0.05, 0) is 44.1 Å². The van der Waals surface area contributed by atoms with E-state index in [0.29, 0.717) is 18.2 Å². The van der Waals surface area contributed by atoms with Crippen LogP contribution in [0.4, 0.5) is 0 Å². The Morgan fingerprint density at radius 3 is 2.81 bits per heavy atom. The molecule has 2 unspecified atom stereocenters. The van der Waals surface area contributed by atoms with Gasteiger partial charge in [-0.15, -0.1) is 0 Å². The number of aromatic nitrogens is 2. The molecule has 2 atom stereocenters. The summed E-state index contributed by atoms with van der Waals surface area (Å²) >= 11 is 0. The van der Waals surface area contributed by atoms with Crippen molar-refractivity contribution < 1.29 is 4.74 Å². The standard InChI is InChI=1S/C17H27N3O/c1-2-4-15(5-3-1)20-10-8-14(19-20)12-18-16-9-11-21-17(16)13-6-7-13/h8,10,13,15-18H,1-7,9,11-12H2. The maximum Gasteiger partial charge on any atom is 0.0762 e. The van der Waals surface area contributed by atoms with E-state index in [1.54, 1.807) is 0 Å². The number of nitrogens with one attached hydrogen (secondary N) is 1. The van der Waals surface area contributed by atoms with Gasteiger partial charge in [-0.25, -0.2) is 0 Å². The molecule has 1 N–H and O–H groups in total. The second-order valence-corrected chi connectivity index (χ2v) is 7.03. The summed E-state index contributed by atoms with van der Waals surface area (Å²) in [4.78, 5) is 0. The molecule has 3 fully saturated rings. The normalized spacial score (nSPS) is 30.9. The van der Waals surface area contributed by atoms with E-state index in [-0.39, 0.29) is 0 Å². The molecule has 0 bridgehead atoms. The summed E-state index contributed by atoms with van der Waals surface area (Å²) in [5.74, 6) is 0.824. The zero-order chi connectivity index (χ0) is 14.1. The van der Waals surface area contributed by atoms with Crippen LogP contribution in [0.5, 0.6) is 0 Å². The zero-order valence-corrected chi connectivity index (χ0v) is 12.8. The van der Waals surface area contributed by atoms with Crippen molar-refractivity contribution in [2.75, 3.05) is 6.61 Å². The van der Waals surface area contributed by atoms with E-state index in [4.69, 9.17) is 9.84 Å². The molecule has 0 amide bonds. The van der Waals surface area contributed by atoms with Gasteiger partial charge in [0, 0.05) is 25.4 Å². The van der Waals surface area contributed by atoms with E-state index >= 15 is 0 Å². The van der Waals surface area contributed by atoms with Crippen molar-refractivity contribution in [2.45, 2.75) is 76.1 Å². The first-order valence-corrected chi connectivity index (χ1v) is 8.79. The van der Waals surface area contributed by atoms with Gasteiger partial charge in [0.05, 0.1) is 17.8 Å². The second kappa shape index (κ2) is 6.09. The zero-order valence-electron chi connectivity index (χ0n) is 12.8. The summed E-state index contributed by atoms with van der Waals surface area (Å²) < 4.78 is 8.10. The highest BCUT2D eigenvalue weighted by Gasteiger charge is 2.40. The number of hydrogen-bond donors (Lipinski definition) is 1. The third-order valence-electron chi connectivity index (χ3n) is 5.38. The topological polar surface area (TPSA) is 39.1 Å². The Morgan fingerprint density at radius 2 is 2.00 bits per heavy atom. The summed E-state index contributed by atoms with van der Waals surface area (Å²) in [7, 11) is 0. The Bertz CT molecular complexity index is 462. The van der Waals surface area contributed by atoms with Crippen LogP contribution in [0.2, 0.25) is 0 Å². The molecular formula is C17H27N3O. The fourth-order valence-corrected chi connectivity index (χ4v) is 3.98. The molecule has 4 heteroatoms. The molecule has 1 saturated heterocycles. The van der Waals surface area contributed by atoms with Gasteiger partial charge in [0.25, 0.3) is 0 Å². The van der Waals surface area contributed by atoms with Crippen LogP contribution >= 0.6 is 0 Å². The Kier molecular flexibility index (Phi) is 3.99. The molecule has 21 heavy (non-hydrogen) atoms. The highest BCUT2D eigenvalue weighted by molar-refractivity contribution is 5.01. The van der Waals surface area contributed by atoms with Crippen LogP contribution in [0.3, 0.4) is 0 Å². The predicted molar refractivity (Wildman–Crippen MR) is 82.1 cm³/mol. The lowest BCUT2D eigenvalue weighted by Gasteiger charge is -2.22. The molecule has 2 heterocycles. The summed E-state index contributed by atoms with van der Waals surface area (Å²) in [5, 5.41) is 8.48. The van der Waals surface area contributed by atoms with Crippen molar-refractivity contribution in [1.29, 1.82) is 0 Å². The lowest BCUT2D eigenvalue weighted by atomic mass is 9.96. The summed E-state index contributed by atoms with van der Waals surface area (Å²) in [5.41, 5.74) is 1.18. The van der Waals surface area contributed by atoms with Gasteiger partial charge < -0.3 is 10.1 Å². The minimum atomic E-state index is 0.463. The molecule has 4 rings (SSSR count). The highest BCUT2D eigenvalue weighted by atomic mass is 16.5. The van der Waals surface area contributed by atoms with E-state index in [0.717, 1.165) is 25.5 Å². The second-order valence-electron chi connectivity index (χ2n) is 7.03. The Morgan fingerprint density at radius 1 is 1.14 bits per heavy atom. The van der Waals surface area contributed by atoms with Crippen molar-refractivity contribution in [3.63, 3.8) is 0 Å². The third kappa shape index (κ3) is 3.16. The summed E-state index contributed by atoms with van der Waals surface area (Å²) in [6, 6.07) is 3.36. The molecule has 116 valence electrons. The lowest BCUT2D eigenvalue weighted by Crippen LogP contribution is -2.37. The monoisotopic (exact) mass is 289 g/mol. The molecule has 1 aromatic heterocycles. The average Bonchev–Trinajstić information content (AvgIpc) is 3.09. The van der Waals surface area contributed by atoms with Gasteiger partial charge in [-0.3, -0.25) is 4.68 Å². The van der Waals surface area contributed by atoms with Crippen LogP contribution in [0.1, 0.15) is 63.1 Å². The first-order chi connectivity index (χ1) is 10.4. The Balaban J connectivity index is 1.31. The molecule has 1 aliphatic heterocycles. The van der Waals surface area contributed by atoms with E-state index < -0.39 is 0 Å². The Labute approximate surface area is 127 Å². The number of rotatable bonds is 5. The molecule has 4 nitrogen and oxygen atoms in total. The first-order valence-electron chi connectivity index (χ1n) is 8.79. The van der Waals surface area contributed by atoms with Crippen molar-refractivity contribution in [1.82, 2.24) is 15.1 Å². The van der Waals surface area contributed by atoms with Gasteiger partial charge in [0.15, 0.2) is 0 Å². The Hall–Kier alpha value is -0.870. The average molecular weight is 289 g/mol. The fourth-order valence-electron chi connectivity index (χ4n) is 3.98. The molecular weight excluding hydrogens is 262 g/mol. The van der Waals surface area contributed by atoms with Crippen LogP contribution in [-0.2, 0) is 11.3 Å². The molecule has 0 spiro atoms. The first kappa shape index (κ1) is 13.8. The van der Waals surface area contributed by atoms with E-state index in [1.807, 2.05) is 0 Å². The minimum Gasteiger partial charge on any atom is -0.376 e. The minimum absolute atomic E-state index is 0.463. The van der Waals surface area contributed by atoms with Crippen molar-refractivity contribution in [2.24, 2.45) is 5.92 Å². The van der Waals surface area contributed by atoms with Crippen molar-refractivity contribution >= 4 is 0 Å². The van der Waals surface area contributed by atoms with Crippen LogP contribution in [0.15, 0.2) is 12.3 Å². The molecule has 0 radical (unpaired) electrons. The third-order valence-corrected chi connectivity index (χ3v) is 5.38. The van der Waals surface area contributed by atoms with Gasteiger partial charge in [-0.2, -0.15) is 5.10 Å².